The maximum atomic E-state index is 17.0. The van der Waals surface area contributed by atoms with Gasteiger partial charge in [-0.1, -0.05) is 113 Å². The summed E-state index contributed by atoms with van der Waals surface area (Å²) < 4.78 is 34.3. The number of amides is 2. The Labute approximate surface area is 446 Å². The fourth-order valence-corrected chi connectivity index (χ4v) is 18.1. The van der Waals surface area contributed by atoms with E-state index in [1.807, 2.05) is 13.8 Å². The highest BCUT2D eigenvalue weighted by atomic mass is 32.1. The lowest BCUT2D eigenvalue weighted by Crippen LogP contribution is -2.32. The molecule has 376 valence electrons. The number of carbonyl (C=O) groups excluding carboxylic acids is 2. The summed E-state index contributed by atoms with van der Waals surface area (Å²) in [6, 6.07) is 12.0. The van der Waals surface area contributed by atoms with Gasteiger partial charge in [0, 0.05) is 46.9 Å². The molecule has 5 nitrogen and oxygen atoms in total. The molecule has 0 fully saturated rings. The van der Waals surface area contributed by atoms with Crippen LogP contribution in [0.2, 0.25) is 0 Å². The molecule has 1 aromatic carbocycles. The summed E-state index contributed by atoms with van der Waals surface area (Å²) in [4.78, 5) is 49.0. The highest BCUT2D eigenvalue weighted by Crippen LogP contribution is 2.55. The van der Waals surface area contributed by atoms with Crippen LogP contribution in [-0.2, 0) is 12.8 Å². The molecule has 2 unspecified atom stereocenters. The minimum atomic E-state index is -0.442. The van der Waals surface area contributed by atoms with Gasteiger partial charge in [0.05, 0.1) is 51.1 Å². The van der Waals surface area contributed by atoms with E-state index < -0.39 is 5.82 Å². The first kappa shape index (κ1) is 52.4. The Morgan fingerprint density at radius 2 is 1.10 bits per heavy atom. The van der Waals surface area contributed by atoms with E-state index in [4.69, 9.17) is 9.97 Å². The molecule has 71 heavy (non-hydrogen) atoms. The van der Waals surface area contributed by atoms with Crippen LogP contribution in [0.4, 0.5) is 8.78 Å². The highest BCUT2D eigenvalue weighted by Gasteiger charge is 2.42. The van der Waals surface area contributed by atoms with Crippen molar-refractivity contribution in [3.05, 3.63) is 78.7 Å². The average molecular weight is 1090 g/mol. The minimum Gasteiger partial charge on any atom is -0.274 e. The van der Waals surface area contributed by atoms with Crippen molar-refractivity contribution in [1.29, 1.82) is 0 Å². The van der Waals surface area contributed by atoms with E-state index in [1.165, 1.54) is 93.6 Å². The van der Waals surface area contributed by atoms with E-state index in [2.05, 4.69) is 72.7 Å². The zero-order valence-corrected chi connectivity index (χ0v) is 48.2. The lowest BCUT2D eigenvalue weighted by Gasteiger charge is -2.18. The first-order chi connectivity index (χ1) is 34.1. The smallest absolute Gasteiger partial charge is 0.263 e. The number of nitrogens with zero attached hydrogens (tertiary/aromatic N) is 3. The number of halogens is 2. The zero-order chi connectivity index (χ0) is 50.2. The van der Waals surface area contributed by atoms with E-state index >= 15 is 8.78 Å². The van der Waals surface area contributed by atoms with Gasteiger partial charge in [-0.05, 0) is 93.2 Å². The molecule has 9 rings (SSSR count). The maximum Gasteiger partial charge on any atom is 0.263 e. The van der Waals surface area contributed by atoms with Gasteiger partial charge in [0.1, 0.15) is 21.6 Å². The van der Waals surface area contributed by atoms with Gasteiger partial charge in [0.25, 0.3) is 11.8 Å². The monoisotopic (exact) mass is 1090 g/mol. The summed E-state index contributed by atoms with van der Waals surface area (Å²) in [5, 5.41) is 1.72. The normalized spacial score (nSPS) is 14.0. The molecule has 0 spiro atoms. The fourth-order valence-electron chi connectivity index (χ4n) is 9.86. The molecule has 14 heteroatoms. The van der Waals surface area contributed by atoms with Gasteiger partial charge in [-0.2, -0.15) is 0 Å². The summed E-state index contributed by atoms with van der Waals surface area (Å²) in [7, 11) is 0. The van der Waals surface area contributed by atoms with E-state index in [9.17, 15) is 9.59 Å². The van der Waals surface area contributed by atoms with Crippen LogP contribution in [0.15, 0.2) is 36.4 Å². The first-order valence-electron chi connectivity index (χ1n) is 25.6. The van der Waals surface area contributed by atoms with Crippen molar-refractivity contribution in [2.24, 2.45) is 23.7 Å². The summed E-state index contributed by atoms with van der Waals surface area (Å²) in [5.41, 5.74) is 3.84. The third-order valence-corrected chi connectivity index (χ3v) is 21.8. The van der Waals surface area contributed by atoms with Crippen molar-refractivity contribution in [2.75, 3.05) is 6.54 Å². The number of thiophene rings is 5. The van der Waals surface area contributed by atoms with Crippen molar-refractivity contribution in [3.63, 3.8) is 0 Å². The molecule has 8 heterocycles. The third kappa shape index (κ3) is 11.2. The molecule has 2 amide bonds. The summed E-state index contributed by atoms with van der Waals surface area (Å²) in [6.45, 7) is 19.7. The molecule has 0 N–H and O–H groups in total. The van der Waals surface area contributed by atoms with Gasteiger partial charge < -0.3 is 0 Å². The molecular formula is C57H65F2N3O2S7. The molecule has 0 saturated carbocycles. The third-order valence-electron chi connectivity index (χ3n) is 13.7. The Balaban J connectivity index is 1.14. The van der Waals surface area contributed by atoms with Crippen LogP contribution >= 0.6 is 79.4 Å². The molecule has 1 aliphatic rings. The average Bonchev–Trinajstić information content (AvgIpc) is 4.19. The second kappa shape index (κ2) is 22.5. The van der Waals surface area contributed by atoms with Gasteiger partial charge in [-0.25, -0.2) is 18.7 Å². The fraction of sp³-hybridized carbons (Fsp3) is 0.474. The van der Waals surface area contributed by atoms with Gasteiger partial charge >= 0.3 is 0 Å². The number of unbranched alkanes of at least 4 members (excludes halogenated alkanes) is 5. The van der Waals surface area contributed by atoms with Gasteiger partial charge in [-0.15, -0.1) is 79.4 Å². The highest BCUT2D eigenvalue weighted by molar-refractivity contribution is 7.29. The summed E-state index contributed by atoms with van der Waals surface area (Å²) in [5.74, 6) is 0.790. The van der Waals surface area contributed by atoms with Crippen LogP contribution in [0.3, 0.4) is 0 Å². The van der Waals surface area contributed by atoms with Crippen LogP contribution in [0.1, 0.15) is 159 Å². The van der Waals surface area contributed by atoms with Crippen LogP contribution in [0.5, 0.6) is 0 Å². The van der Waals surface area contributed by atoms with E-state index in [0.717, 1.165) is 99.6 Å². The number of hydrogen-bond acceptors (Lipinski definition) is 11. The number of thiazole rings is 2. The number of rotatable bonds is 23. The number of imide groups is 1. The molecule has 1 aliphatic heterocycles. The SMILES string of the molecule is CCCCCCCCC(C)Cc1ccc(-c2nc3c(-c4cc(F)c(C)s4)c4sc(-c5ccc(CC(C)C)s5)nc4c(-c4cc(F)c(-c5sc(C)c6c5C(=O)N(CCC(C)CCCC(C)C)C6=O)s4)c3s2)s1. The van der Waals surface area contributed by atoms with E-state index in [1.54, 1.807) is 57.5 Å². The number of carbonyl (C=O) groups is 2. The number of benzene rings is 1. The number of aromatic nitrogens is 2. The second-order valence-corrected chi connectivity index (χ2v) is 28.5. The molecule has 0 bridgehead atoms. The predicted molar refractivity (Wildman–Crippen MR) is 306 cm³/mol. The van der Waals surface area contributed by atoms with Crippen LogP contribution in [-0.4, -0.2) is 33.2 Å². The number of aryl methyl sites for hydroxylation is 2. The zero-order valence-electron chi connectivity index (χ0n) is 42.4. The predicted octanol–water partition coefficient (Wildman–Crippen LogP) is 20.0. The molecule has 0 aliphatic carbocycles. The van der Waals surface area contributed by atoms with Crippen molar-refractivity contribution in [2.45, 2.75) is 146 Å². The van der Waals surface area contributed by atoms with E-state index in [-0.39, 0.29) is 17.6 Å². The topological polar surface area (TPSA) is 63.2 Å². The lowest BCUT2D eigenvalue weighted by molar-refractivity contribution is 0.0646. The summed E-state index contributed by atoms with van der Waals surface area (Å²) in [6.07, 6.45) is 15.1. The van der Waals surface area contributed by atoms with Crippen molar-refractivity contribution < 1.29 is 18.4 Å². The quantitative estimate of drug-likeness (QED) is 0.0473. The Bertz CT molecular complexity index is 3170. The Morgan fingerprint density at radius 3 is 1.70 bits per heavy atom. The number of hydrogen-bond donors (Lipinski definition) is 0. The lowest BCUT2D eigenvalue weighted by atomic mass is 9.97. The Hall–Kier alpha value is -3.50. The summed E-state index contributed by atoms with van der Waals surface area (Å²) >= 11 is 10.8. The maximum absolute atomic E-state index is 17.0. The molecule has 0 saturated heterocycles. The van der Waals surface area contributed by atoms with Crippen LogP contribution in [0.25, 0.3) is 70.8 Å². The van der Waals surface area contributed by atoms with Crippen LogP contribution < -0.4 is 0 Å². The van der Waals surface area contributed by atoms with Crippen molar-refractivity contribution >= 4 is 112 Å². The van der Waals surface area contributed by atoms with Crippen molar-refractivity contribution in [3.8, 4) is 50.4 Å². The molecule has 0 radical (unpaired) electrons. The minimum absolute atomic E-state index is 0.253. The Morgan fingerprint density at radius 1 is 0.521 bits per heavy atom. The van der Waals surface area contributed by atoms with Gasteiger partial charge in [0.2, 0.25) is 0 Å². The molecular weight excluding hydrogens is 1020 g/mol. The second-order valence-electron chi connectivity index (χ2n) is 20.7. The largest absolute Gasteiger partial charge is 0.274 e. The van der Waals surface area contributed by atoms with E-state index in [0.29, 0.717) is 60.9 Å². The van der Waals surface area contributed by atoms with Gasteiger partial charge in [0.15, 0.2) is 0 Å². The van der Waals surface area contributed by atoms with Crippen molar-refractivity contribution in [1.82, 2.24) is 14.9 Å². The number of fused-ring (bicyclic) bond motifs is 3. The van der Waals surface area contributed by atoms with Crippen LogP contribution in [0, 0.1) is 49.2 Å². The molecule has 2 atom stereocenters. The molecule has 8 aromatic rings. The molecule has 7 aromatic heterocycles. The first-order valence-corrected chi connectivity index (χ1v) is 31.3. The standard InChI is InChI=1S/C57H65F2N3O2S7/c1-10-11-12-13-14-15-18-33(7)27-37-21-23-41(68-37)55-60-48-45(42-28-38(58)34(8)65-42)51-49(61-54(70-51)40-22-20-36(67-40)26-31(4)5)46(52(48)71-55)43-29-39(59)50(69-43)53-47-44(35(9)66-53)56(63)62(57(47)64)25-24-32(6)19-16-17-30(2)3/h20-23,28-33H,10-19,24-27H2,1-9H3. The van der Waals surface area contributed by atoms with Gasteiger partial charge in [-0.3, -0.25) is 14.5 Å². The Kier molecular flexibility index (Phi) is 16.6.